The molecular weight excluding hydrogens is 495 g/mol. The van der Waals surface area contributed by atoms with E-state index in [1.54, 1.807) is 19.2 Å². The Morgan fingerprint density at radius 3 is 2.38 bits per heavy atom. The predicted molar refractivity (Wildman–Crippen MR) is 120 cm³/mol. The lowest BCUT2D eigenvalue weighted by atomic mass is 10.2. The van der Waals surface area contributed by atoms with Crippen LogP contribution in [0.4, 0.5) is 8.78 Å². The van der Waals surface area contributed by atoms with Gasteiger partial charge in [0.1, 0.15) is 23.4 Å². The van der Waals surface area contributed by atoms with E-state index < -0.39 is 6.61 Å². The summed E-state index contributed by atoms with van der Waals surface area (Å²) in [5.41, 5.74) is 0.524. The summed E-state index contributed by atoms with van der Waals surface area (Å²) in [6, 6.07) is 14.2. The van der Waals surface area contributed by atoms with Gasteiger partial charge in [-0.25, -0.2) is 0 Å². The average Bonchev–Trinajstić information content (AvgIpc) is 2.69. The van der Waals surface area contributed by atoms with Crippen molar-refractivity contribution in [2.45, 2.75) is 26.2 Å². The molecule has 0 fully saturated rings. The number of nitrogens with zero attached hydrogens (tertiary/aromatic N) is 1. The van der Waals surface area contributed by atoms with E-state index >= 15 is 0 Å². The Morgan fingerprint density at radius 1 is 1.03 bits per heavy atom. The van der Waals surface area contributed by atoms with Crippen LogP contribution in [-0.2, 0) is 6.54 Å². The van der Waals surface area contributed by atoms with Gasteiger partial charge in [-0.2, -0.15) is 8.78 Å². The Bertz CT molecular complexity index is 764. The molecule has 0 saturated carbocycles. The fourth-order valence-corrected chi connectivity index (χ4v) is 2.44. The maximum atomic E-state index is 12.6. The zero-order valence-corrected chi connectivity index (χ0v) is 18.9. The van der Waals surface area contributed by atoms with Crippen LogP contribution in [-0.4, -0.2) is 39.4 Å². The number of rotatable bonds is 9. The van der Waals surface area contributed by atoms with Crippen LogP contribution in [0.2, 0.25) is 0 Å². The Labute approximate surface area is 186 Å². The molecular formula is C20H26F2IN3O3. The second kappa shape index (κ2) is 13.0. The van der Waals surface area contributed by atoms with Crippen LogP contribution in [0, 0.1) is 0 Å². The summed E-state index contributed by atoms with van der Waals surface area (Å²) in [6.07, 6.45) is -0.101. The van der Waals surface area contributed by atoms with E-state index in [4.69, 9.17) is 9.47 Å². The summed E-state index contributed by atoms with van der Waals surface area (Å²) in [7, 11) is 3.13. The number of alkyl halides is 2. The second-order valence-electron chi connectivity index (χ2n) is 5.90. The van der Waals surface area contributed by atoms with Crippen molar-refractivity contribution in [1.29, 1.82) is 0 Å². The van der Waals surface area contributed by atoms with Crippen molar-refractivity contribution in [3.8, 4) is 17.2 Å². The molecule has 1 atom stereocenters. The highest BCUT2D eigenvalue weighted by atomic mass is 127. The van der Waals surface area contributed by atoms with Gasteiger partial charge in [-0.15, -0.1) is 24.0 Å². The second-order valence-corrected chi connectivity index (χ2v) is 5.90. The van der Waals surface area contributed by atoms with Gasteiger partial charge in [0.15, 0.2) is 5.96 Å². The molecule has 2 aromatic carbocycles. The number of halogens is 3. The smallest absolute Gasteiger partial charge is 0.387 e. The summed E-state index contributed by atoms with van der Waals surface area (Å²) < 4.78 is 40.7. The molecule has 2 N–H and O–H groups in total. The van der Waals surface area contributed by atoms with Crippen molar-refractivity contribution >= 4 is 29.9 Å². The van der Waals surface area contributed by atoms with Gasteiger partial charge in [-0.3, -0.25) is 4.99 Å². The number of hydrogen-bond donors (Lipinski definition) is 2. The van der Waals surface area contributed by atoms with Crippen LogP contribution < -0.4 is 24.8 Å². The molecule has 160 valence electrons. The first-order chi connectivity index (χ1) is 13.5. The fourth-order valence-electron chi connectivity index (χ4n) is 2.44. The summed E-state index contributed by atoms with van der Waals surface area (Å²) in [6.45, 7) is -0.232. The van der Waals surface area contributed by atoms with Crippen LogP contribution in [0.15, 0.2) is 53.5 Å². The van der Waals surface area contributed by atoms with Gasteiger partial charge in [-0.05, 0) is 37.3 Å². The van der Waals surface area contributed by atoms with Crippen molar-refractivity contribution < 1.29 is 23.0 Å². The third kappa shape index (κ3) is 8.71. The Hall–Kier alpha value is -2.30. The number of guanidine groups is 1. The van der Waals surface area contributed by atoms with E-state index in [1.807, 2.05) is 37.3 Å². The van der Waals surface area contributed by atoms with Crippen LogP contribution in [0.5, 0.6) is 17.2 Å². The zero-order chi connectivity index (χ0) is 20.4. The van der Waals surface area contributed by atoms with Crippen molar-refractivity contribution in [2.75, 3.05) is 20.7 Å². The first-order valence-corrected chi connectivity index (χ1v) is 8.79. The summed E-state index contributed by atoms with van der Waals surface area (Å²) in [5.74, 6) is 1.92. The largest absolute Gasteiger partial charge is 0.497 e. The number of para-hydroxylation sites is 1. The maximum absolute atomic E-state index is 12.6. The van der Waals surface area contributed by atoms with Crippen LogP contribution >= 0.6 is 24.0 Å². The molecule has 0 amide bonds. The molecule has 0 spiro atoms. The van der Waals surface area contributed by atoms with Gasteiger partial charge in [0.05, 0.1) is 13.7 Å². The lowest BCUT2D eigenvalue weighted by Gasteiger charge is -2.18. The van der Waals surface area contributed by atoms with Gasteiger partial charge in [-0.1, -0.05) is 18.2 Å². The zero-order valence-electron chi connectivity index (χ0n) is 16.5. The molecule has 0 aromatic heterocycles. The standard InChI is InChI=1S/C20H25F2N3O3.HI/c1-14(27-16-7-5-4-6-8-16)12-24-20(23-2)25-13-15-11-17(26-3)9-10-18(15)28-19(21)22;/h4-11,14,19H,12-13H2,1-3H3,(H2,23,24,25);1H. The average molecular weight is 521 g/mol. The number of aliphatic imine (C=N–C) groups is 1. The molecule has 0 bridgehead atoms. The molecule has 0 saturated heterocycles. The number of nitrogens with one attached hydrogen (secondary N) is 2. The minimum absolute atomic E-state index is 0. The molecule has 29 heavy (non-hydrogen) atoms. The number of methoxy groups -OCH3 is 1. The Kier molecular flexibility index (Phi) is 11.1. The van der Waals surface area contributed by atoms with E-state index in [9.17, 15) is 8.78 Å². The highest BCUT2D eigenvalue weighted by Crippen LogP contribution is 2.25. The topological polar surface area (TPSA) is 64.1 Å². The van der Waals surface area contributed by atoms with E-state index in [0.717, 1.165) is 5.75 Å². The molecule has 0 aliphatic rings. The highest BCUT2D eigenvalue weighted by molar-refractivity contribution is 14.0. The quantitative estimate of drug-likeness (QED) is 0.296. The van der Waals surface area contributed by atoms with E-state index in [0.29, 0.717) is 23.8 Å². The minimum atomic E-state index is -2.90. The maximum Gasteiger partial charge on any atom is 0.387 e. The predicted octanol–water partition coefficient (Wildman–Crippen LogP) is 4.05. The summed E-state index contributed by atoms with van der Waals surface area (Å²) in [5, 5.41) is 6.21. The van der Waals surface area contributed by atoms with Crippen LogP contribution in [0.25, 0.3) is 0 Å². The Morgan fingerprint density at radius 2 is 1.76 bits per heavy atom. The third-order valence-corrected chi connectivity index (χ3v) is 3.79. The van der Waals surface area contributed by atoms with Crippen molar-refractivity contribution in [3.05, 3.63) is 54.1 Å². The molecule has 0 aliphatic heterocycles. The SMILES string of the molecule is CN=C(NCc1cc(OC)ccc1OC(F)F)NCC(C)Oc1ccccc1.I. The molecule has 6 nitrogen and oxygen atoms in total. The molecule has 1 unspecified atom stereocenters. The van der Waals surface area contributed by atoms with Gasteiger partial charge in [0.2, 0.25) is 0 Å². The Balaban J connectivity index is 0.00000420. The number of benzene rings is 2. The van der Waals surface area contributed by atoms with Gasteiger partial charge >= 0.3 is 6.61 Å². The van der Waals surface area contributed by atoms with Crippen LogP contribution in [0.1, 0.15) is 12.5 Å². The highest BCUT2D eigenvalue weighted by Gasteiger charge is 2.12. The first kappa shape index (κ1) is 24.7. The number of ether oxygens (including phenoxy) is 3. The van der Waals surface area contributed by atoms with Crippen LogP contribution in [0.3, 0.4) is 0 Å². The lowest BCUT2D eigenvalue weighted by Crippen LogP contribution is -2.41. The monoisotopic (exact) mass is 521 g/mol. The molecule has 2 aromatic rings. The van der Waals surface area contributed by atoms with Gasteiger partial charge < -0.3 is 24.8 Å². The lowest BCUT2D eigenvalue weighted by molar-refractivity contribution is -0.0505. The normalized spacial score (nSPS) is 12.0. The molecule has 0 radical (unpaired) electrons. The van der Waals surface area contributed by atoms with Crippen molar-refractivity contribution in [1.82, 2.24) is 10.6 Å². The fraction of sp³-hybridized carbons (Fsp3) is 0.350. The molecule has 0 aliphatic carbocycles. The first-order valence-electron chi connectivity index (χ1n) is 8.79. The third-order valence-electron chi connectivity index (χ3n) is 3.79. The van der Waals surface area contributed by atoms with Crippen molar-refractivity contribution in [2.24, 2.45) is 4.99 Å². The number of hydrogen-bond acceptors (Lipinski definition) is 4. The van der Waals surface area contributed by atoms with Gasteiger partial charge in [0, 0.05) is 19.2 Å². The van der Waals surface area contributed by atoms with Gasteiger partial charge in [0.25, 0.3) is 0 Å². The van der Waals surface area contributed by atoms with Crippen molar-refractivity contribution in [3.63, 3.8) is 0 Å². The van der Waals surface area contributed by atoms with E-state index in [2.05, 4.69) is 20.4 Å². The minimum Gasteiger partial charge on any atom is -0.497 e. The van der Waals surface area contributed by atoms with E-state index in [-0.39, 0.29) is 42.4 Å². The summed E-state index contributed by atoms with van der Waals surface area (Å²) in [4.78, 5) is 4.13. The summed E-state index contributed by atoms with van der Waals surface area (Å²) >= 11 is 0. The molecule has 0 heterocycles. The molecule has 2 rings (SSSR count). The van der Waals surface area contributed by atoms with E-state index in [1.165, 1.54) is 13.2 Å². The molecule has 9 heteroatoms.